The van der Waals surface area contributed by atoms with Crippen LogP contribution in [0.2, 0.25) is 0 Å². The maximum absolute atomic E-state index is 12.9. The van der Waals surface area contributed by atoms with Crippen LogP contribution in [0, 0.1) is 0 Å². The standard InChI is InChI=1S/C23H38BN5O5/c1-15-14-28(10-11-29(15)18(30)16(2)27-20(31)32-21(3,4)5)19-25-12-17(13-26-19)24-33-22(6,7)23(8,9)34-24/h12-13,15-16H,10-11,14H2,1-9H3,(H,27,31)/t15-,16-/m0/s1. The molecule has 3 heterocycles. The van der Waals surface area contributed by atoms with Crippen molar-refractivity contribution in [2.75, 3.05) is 24.5 Å². The number of hydrogen-bond acceptors (Lipinski definition) is 8. The van der Waals surface area contributed by atoms with Crippen molar-refractivity contribution in [1.29, 1.82) is 0 Å². The van der Waals surface area contributed by atoms with Crippen LogP contribution in [-0.4, -0.2) is 82.5 Å². The summed E-state index contributed by atoms with van der Waals surface area (Å²) in [5.74, 6) is 0.453. The van der Waals surface area contributed by atoms with Crippen LogP contribution >= 0.6 is 0 Å². The highest BCUT2D eigenvalue weighted by Gasteiger charge is 2.52. The molecule has 2 atom stereocenters. The van der Waals surface area contributed by atoms with E-state index in [0.717, 1.165) is 5.46 Å². The Hall–Kier alpha value is -2.40. The van der Waals surface area contributed by atoms with Gasteiger partial charge in [-0.2, -0.15) is 0 Å². The summed E-state index contributed by atoms with van der Waals surface area (Å²) in [6, 6.07) is -0.755. The minimum Gasteiger partial charge on any atom is -0.444 e. The van der Waals surface area contributed by atoms with Gasteiger partial charge in [0.15, 0.2) is 0 Å². The van der Waals surface area contributed by atoms with Gasteiger partial charge < -0.3 is 29.2 Å². The Morgan fingerprint density at radius 2 is 1.71 bits per heavy atom. The molecule has 188 valence electrons. The van der Waals surface area contributed by atoms with Gasteiger partial charge in [0.2, 0.25) is 11.9 Å². The maximum atomic E-state index is 12.9. The molecule has 34 heavy (non-hydrogen) atoms. The highest BCUT2D eigenvalue weighted by atomic mass is 16.7. The molecule has 0 spiro atoms. The van der Waals surface area contributed by atoms with Crippen molar-refractivity contribution in [1.82, 2.24) is 20.2 Å². The van der Waals surface area contributed by atoms with Gasteiger partial charge in [-0.1, -0.05) is 0 Å². The smallest absolute Gasteiger partial charge is 0.444 e. The molecule has 2 aliphatic heterocycles. The van der Waals surface area contributed by atoms with Crippen LogP contribution < -0.4 is 15.7 Å². The summed E-state index contributed by atoms with van der Waals surface area (Å²) in [5.41, 5.74) is -0.705. The predicted octanol–water partition coefficient (Wildman–Crippen LogP) is 1.73. The molecule has 0 bridgehead atoms. The zero-order valence-corrected chi connectivity index (χ0v) is 21.8. The third kappa shape index (κ3) is 5.80. The Bertz CT molecular complexity index is 886. The lowest BCUT2D eigenvalue weighted by atomic mass is 9.81. The highest BCUT2D eigenvalue weighted by molar-refractivity contribution is 6.61. The molecule has 0 aromatic carbocycles. The van der Waals surface area contributed by atoms with E-state index in [-0.39, 0.29) is 11.9 Å². The Balaban J connectivity index is 1.57. The van der Waals surface area contributed by atoms with E-state index < -0.39 is 36.1 Å². The van der Waals surface area contributed by atoms with Crippen LogP contribution in [0.4, 0.5) is 10.7 Å². The second-order valence-electron chi connectivity index (χ2n) is 11.1. The van der Waals surface area contributed by atoms with Crippen LogP contribution in [-0.2, 0) is 18.8 Å². The first-order valence-electron chi connectivity index (χ1n) is 11.8. The molecule has 3 rings (SSSR count). The Labute approximate surface area is 202 Å². The number of anilines is 1. The quantitative estimate of drug-likeness (QED) is 0.657. The van der Waals surface area contributed by atoms with E-state index in [9.17, 15) is 9.59 Å². The summed E-state index contributed by atoms with van der Waals surface area (Å²) < 4.78 is 17.4. The minimum atomic E-state index is -0.681. The van der Waals surface area contributed by atoms with Gasteiger partial charge in [-0.05, 0) is 62.3 Å². The zero-order valence-electron chi connectivity index (χ0n) is 21.8. The van der Waals surface area contributed by atoms with E-state index in [4.69, 9.17) is 14.0 Å². The van der Waals surface area contributed by atoms with Gasteiger partial charge in [-0.25, -0.2) is 14.8 Å². The van der Waals surface area contributed by atoms with Crippen molar-refractivity contribution in [3.63, 3.8) is 0 Å². The Morgan fingerprint density at radius 3 is 2.21 bits per heavy atom. The second-order valence-corrected chi connectivity index (χ2v) is 11.1. The van der Waals surface area contributed by atoms with Crippen molar-refractivity contribution in [2.24, 2.45) is 0 Å². The van der Waals surface area contributed by atoms with Crippen molar-refractivity contribution >= 4 is 30.5 Å². The fraction of sp³-hybridized carbons (Fsp3) is 0.739. The molecular formula is C23H38BN5O5. The maximum Gasteiger partial charge on any atom is 0.498 e. The molecule has 2 fully saturated rings. The number of carbonyl (C=O) groups excluding carboxylic acids is 2. The van der Waals surface area contributed by atoms with Crippen LogP contribution in [0.1, 0.15) is 62.3 Å². The molecule has 11 heteroatoms. The molecular weight excluding hydrogens is 437 g/mol. The SMILES string of the molecule is C[C@H](NC(=O)OC(C)(C)C)C(=O)N1CCN(c2ncc(B3OC(C)(C)C(C)(C)O3)cn2)C[C@@H]1C. The lowest BCUT2D eigenvalue weighted by Gasteiger charge is -2.40. The molecule has 2 aliphatic rings. The fourth-order valence-electron chi connectivity index (χ4n) is 3.86. The van der Waals surface area contributed by atoms with E-state index in [0.29, 0.717) is 25.6 Å². The van der Waals surface area contributed by atoms with E-state index in [1.54, 1.807) is 45.0 Å². The average molecular weight is 475 g/mol. The molecule has 0 unspecified atom stereocenters. The van der Waals surface area contributed by atoms with Crippen molar-refractivity contribution < 1.29 is 23.6 Å². The molecule has 10 nitrogen and oxygen atoms in total. The van der Waals surface area contributed by atoms with Gasteiger partial charge in [0, 0.05) is 43.5 Å². The third-order valence-corrected chi connectivity index (χ3v) is 6.48. The number of rotatable bonds is 4. The van der Waals surface area contributed by atoms with Gasteiger partial charge in [-0.15, -0.1) is 0 Å². The number of carbonyl (C=O) groups is 2. The van der Waals surface area contributed by atoms with E-state index in [2.05, 4.69) is 20.2 Å². The number of amides is 2. The molecule has 2 amide bonds. The lowest BCUT2D eigenvalue weighted by molar-refractivity contribution is -0.135. The molecule has 1 aromatic rings. The number of piperazine rings is 1. The minimum absolute atomic E-state index is 0.0736. The number of hydrogen-bond donors (Lipinski definition) is 1. The van der Waals surface area contributed by atoms with Crippen LogP contribution in [0.3, 0.4) is 0 Å². The first kappa shape index (κ1) is 26.2. The summed E-state index contributed by atoms with van der Waals surface area (Å²) in [4.78, 5) is 37.8. The van der Waals surface area contributed by atoms with E-state index in [1.807, 2.05) is 34.6 Å². The first-order valence-corrected chi connectivity index (χ1v) is 11.8. The third-order valence-electron chi connectivity index (χ3n) is 6.48. The van der Waals surface area contributed by atoms with Crippen LogP contribution in [0.5, 0.6) is 0 Å². The monoisotopic (exact) mass is 475 g/mol. The highest BCUT2D eigenvalue weighted by Crippen LogP contribution is 2.36. The first-order chi connectivity index (χ1) is 15.6. The van der Waals surface area contributed by atoms with Crippen molar-refractivity contribution in [3.8, 4) is 0 Å². The summed E-state index contributed by atoms with van der Waals surface area (Å²) in [7, 11) is -0.508. The van der Waals surface area contributed by atoms with Crippen LogP contribution in [0.25, 0.3) is 0 Å². The molecule has 0 aliphatic carbocycles. The molecule has 1 N–H and O–H groups in total. The van der Waals surface area contributed by atoms with Gasteiger partial charge in [0.1, 0.15) is 11.6 Å². The number of nitrogens with one attached hydrogen (secondary N) is 1. The topological polar surface area (TPSA) is 106 Å². The zero-order chi connectivity index (χ0) is 25.5. The van der Waals surface area contributed by atoms with Crippen molar-refractivity contribution in [2.45, 2.75) is 91.2 Å². The van der Waals surface area contributed by atoms with Gasteiger partial charge >= 0.3 is 13.2 Å². The van der Waals surface area contributed by atoms with Crippen molar-refractivity contribution in [3.05, 3.63) is 12.4 Å². The molecule has 0 radical (unpaired) electrons. The average Bonchev–Trinajstić information content (AvgIpc) is 2.93. The van der Waals surface area contributed by atoms with E-state index >= 15 is 0 Å². The van der Waals surface area contributed by atoms with Gasteiger partial charge in [0.25, 0.3) is 0 Å². The largest absolute Gasteiger partial charge is 0.498 e. The summed E-state index contributed by atoms with van der Waals surface area (Å²) in [5, 5.41) is 2.63. The lowest BCUT2D eigenvalue weighted by Crippen LogP contribution is -2.58. The van der Waals surface area contributed by atoms with E-state index in [1.165, 1.54) is 0 Å². The molecule has 2 saturated heterocycles. The Morgan fingerprint density at radius 1 is 1.15 bits per heavy atom. The Kier molecular flexibility index (Phi) is 7.20. The van der Waals surface area contributed by atoms with Gasteiger partial charge in [0.05, 0.1) is 11.2 Å². The predicted molar refractivity (Wildman–Crippen MR) is 130 cm³/mol. The number of alkyl carbamates (subject to hydrolysis) is 1. The van der Waals surface area contributed by atoms with Crippen LogP contribution in [0.15, 0.2) is 12.4 Å². The summed E-state index contributed by atoms with van der Waals surface area (Å²) in [6.45, 7) is 18.7. The second kappa shape index (κ2) is 9.33. The summed E-state index contributed by atoms with van der Waals surface area (Å²) >= 11 is 0. The summed E-state index contributed by atoms with van der Waals surface area (Å²) in [6.07, 6.45) is 2.87. The molecule has 1 aromatic heterocycles. The normalized spacial score (nSPS) is 23.0. The number of aromatic nitrogens is 2. The number of nitrogens with zero attached hydrogens (tertiary/aromatic N) is 4. The molecule has 0 saturated carbocycles. The fourth-order valence-corrected chi connectivity index (χ4v) is 3.86. The van der Waals surface area contributed by atoms with Gasteiger partial charge in [-0.3, -0.25) is 4.79 Å². The number of ether oxygens (including phenoxy) is 1.